The van der Waals surface area contributed by atoms with Crippen LogP contribution >= 0.6 is 0 Å². The minimum Gasteiger partial charge on any atom is -0.372 e. The highest BCUT2D eigenvalue weighted by molar-refractivity contribution is 5.20. The molecule has 1 aromatic carbocycles. The van der Waals surface area contributed by atoms with Crippen molar-refractivity contribution in [3.8, 4) is 0 Å². The number of hydrogen-bond donors (Lipinski definition) is 1. The Morgan fingerprint density at radius 3 is 2.74 bits per heavy atom. The van der Waals surface area contributed by atoms with Gasteiger partial charge in [-0.15, -0.1) is 0 Å². The topological polar surface area (TPSA) is 34.1 Å². The van der Waals surface area contributed by atoms with Gasteiger partial charge in [-0.3, -0.25) is 4.98 Å². The summed E-state index contributed by atoms with van der Waals surface area (Å²) in [7, 11) is 0. The molecule has 3 heteroatoms. The molecule has 0 spiro atoms. The zero-order chi connectivity index (χ0) is 12.9. The van der Waals surface area contributed by atoms with E-state index in [-0.39, 0.29) is 6.10 Å². The Balaban J connectivity index is 1.64. The molecule has 0 radical (unpaired) electrons. The molecule has 1 aromatic heterocycles. The van der Waals surface area contributed by atoms with E-state index in [1.807, 2.05) is 30.5 Å². The van der Waals surface area contributed by atoms with Gasteiger partial charge in [-0.1, -0.05) is 36.4 Å². The van der Waals surface area contributed by atoms with Crippen LogP contribution in [-0.2, 0) is 11.3 Å². The van der Waals surface area contributed by atoms with Gasteiger partial charge in [0.1, 0.15) is 0 Å². The lowest BCUT2D eigenvalue weighted by molar-refractivity contribution is 0.0984. The Kier molecular flexibility index (Phi) is 3.86. The van der Waals surface area contributed by atoms with Gasteiger partial charge in [-0.05, 0) is 24.1 Å². The lowest BCUT2D eigenvalue weighted by atomic mass is 10.0. The molecular weight excluding hydrogens is 236 g/mol. The van der Waals surface area contributed by atoms with Gasteiger partial charge in [0.05, 0.1) is 11.8 Å². The van der Waals surface area contributed by atoms with Crippen LogP contribution < -0.4 is 5.32 Å². The first-order valence-electron chi connectivity index (χ1n) is 6.73. The fourth-order valence-corrected chi connectivity index (χ4v) is 2.51. The Labute approximate surface area is 113 Å². The summed E-state index contributed by atoms with van der Waals surface area (Å²) in [5.41, 5.74) is 2.32. The van der Waals surface area contributed by atoms with E-state index in [2.05, 4.69) is 34.6 Å². The lowest BCUT2D eigenvalue weighted by Gasteiger charge is -2.20. The molecule has 1 aliphatic rings. The summed E-state index contributed by atoms with van der Waals surface area (Å²) >= 11 is 0. The van der Waals surface area contributed by atoms with E-state index in [0.717, 1.165) is 25.3 Å². The van der Waals surface area contributed by atoms with Gasteiger partial charge >= 0.3 is 0 Å². The van der Waals surface area contributed by atoms with Gasteiger partial charge < -0.3 is 10.1 Å². The van der Waals surface area contributed by atoms with Gasteiger partial charge in [-0.2, -0.15) is 0 Å². The standard InChI is InChI=1S/C16H18N2O/c1-2-6-13(7-3-1)16-15(9-11-19-16)18-12-14-8-4-5-10-17-14/h1-8,10,15-16,18H,9,11-12H2/t15-,16-/m0/s1. The van der Waals surface area contributed by atoms with E-state index >= 15 is 0 Å². The van der Waals surface area contributed by atoms with Crippen molar-refractivity contribution in [1.82, 2.24) is 10.3 Å². The molecule has 98 valence electrons. The van der Waals surface area contributed by atoms with Crippen LogP contribution in [0.3, 0.4) is 0 Å². The Bertz CT molecular complexity index is 501. The Hall–Kier alpha value is -1.71. The highest BCUT2D eigenvalue weighted by atomic mass is 16.5. The number of ether oxygens (including phenoxy) is 1. The number of hydrogen-bond acceptors (Lipinski definition) is 3. The van der Waals surface area contributed by atoms with Crippen LogP contribution in [0.4, 0.5) is 0 Å². The first kappa shape index (κ1) is 12.3. The Morgan fingerprint density at radius 2 is 1.95 bits per heavy atom. The SMILES string of the molecule is c1ccc([C@@H]2OCC[C@@H]2NCc2ccccn2)cc1. The zero-order valence-corrected chi connectivity index (χ0v) is 10.8. The summed E-state index contributed by atoms with van der Waals surface area (Å²) in [6, 6.07) is 16.8. The first-order chi connectivity index (χ1) is 9.43. The van der Waals surface area contributed by atoms with Crippen LogP contribution in [0.5, 0.6) is 0 Å². The maximum Gasteiger partial charge on any atom is 0.0978 e. The summed E-state index contributed by atoms with van der Waals surface area (Å²) in [5, 5.41) is 3.56. The third-order valence-electron chi connectivity index (χ3n) is 3.49. The average molecular weight is 254 g/mol. The number of benzene rings is 1. The predicted molar refractivity (Wildman–Crippen MR) is 74.6 cm³/mol. The van der Waals surface area contributed by atoms with Crippen molar-refractivity contribution in [2.75, 3.05) is 6.61 Å². The normalized spacial score (nSPS) is 22.5. The van der Waals surface area contributed by atoms with Crippen molar-refractivity contribution in [2.45, 2.75) is 25.1 Å². The van der Waals surface area contributed by atoms with Crippen molar-refractivity contribution >= 4 is 0 Å². The molecular formula is C16H18N2O. The van der Waals surface area contributed by atoms with Gasteiger partial charge in [0.25, 0.3) is 0 Å². The third-order valence-corrected chi connectivity index (χ3v) is 3.49. The van der Waals surface area contributed by atoms with Gasteiger partial charge in [-0.25, -0.2) is 0 Å². The second-order valence-electron chi connectivity index (χ2n) is 4.80. The molecule has 3 rings (SSSR count). The summed E-state index contributed by atoms with van der Waals surface area (Å²) in [5.74, 6) is 0. The second-order valence-corrected chi connectivity index (χ2v) is 4.80. The van der Waals surface area contributed by atoms with Crippen LogP contribution in [0.25, 0.3) is 0 Å². The number of rotatable bonds is 4. The molecule has 0 aliphatic carbocycles. The molecule has 1 fully saturated rings. The molecule has 0 bridgehead atoms. The first-order valence-corrected chi connectivity index (χ1v) is 6.73. The molecule has 3 nitrogen and oxygen atoms in total. The summed E-state index contributed by atoms with van der Waals surface area (Å²) in [6.45, 7) is 1.61. The van der Waals surface area contributed by atoms with E-state index in [0.29, 0.717) is 6.04 Å². The molecule has 0 saturated carbocycles. The summed E-state index contributed by atoms with van der Waals surface area (Å²) < 4.78 is 5.86. The molecule has 0 unspecified atom stereocenters. The van der Waals surface area contributed by atoms with Gasteiger partial charge in [0.15, 0.2) is 0 Å². The second kappa shape index (κ2) is 5.95. The molecule has 19 heavy (non-hydrogen) atoms. The van der Waals surface area contributed by atoms with Gasteiger partial charge in [0.2, 0.25) is 0 Å². The molecule has 1 saturated heterocycles. The third kappa shape index (κ3) is 3.00. The van der Waals surface area contributed by atoms with Crippen molar-refractivity contribution in [2.24, 2.45) is 0 Å². The maximum absolute atomic E-state index is 5.86. The van der Waals surface area contributed by atoms with Crippen LogP contribution in [0.2, 0.25) is 0 Å². The van der Waals surface area contributed by atoms with Crippen molar-refractivity contribution in [3.05, 3.63) is 66.0 Å². The minimum absolute atomic E-state index is 0.157. The molecule has 0 amide bonds. The fourth-order valence-electron chi connectivity index (χ4n) is 2.51. The lowest BCUT2D eigenvalue weighted by Crippen LogP contribution is -2.31. The molecule has 2 aromatic rings. The molecule has 1 aliphatic heterocycles. The van der Waals surface area contributed by atoms with Gasteiger partial charge in [0, 0.05) is 25.4 Å². The quantitative estimate of drug-likeness (QED) is 0.911. The monoisotopic (exact) mass is 254 g/mol. The van der Waals surface area contributed by atoms with E-state index in [4.69, 9.17) is 4.74 Å². The van der Waals surface area contributed by atoms with E-state index in [1.165, 1.54) is 5.56 Å². The number of pyridine rings is 1. The maximum atomic E-state index is 5.86. The van der Waals surface area contributed by atoms with E-state index in [1.54, 1.807) is 0 Å². The van der Waals surface area contributed by atoms with Crippen molar-refractivity contribution < 1.29 is 4.74 Å². The van der Waals surface area contributed by atoms with Crippen LogP contribution in [0.1, 0.15) is 23.8 Å². The van der Waals surface area contributed by atoms with Crippen LogP contribution in [0.15, 0.2) is 54.7 Å². The highest BCUT2D eigenvalue weighted by Gasteiger charge is 2.28. The summed E-state index contributed by atoms with van der Waals surface area (Å²) in [6.07, 6.45) is 3.04. The highest BCUT2D eigenvalue weighted by Crippen LogP contribution is 2.29. The fraction of sp³-hybridized carbons (Fsp3) is 0.312. The predicted octanol–water partition coefficient (Wildman–Crippen LogP) is 2.70. The summed E-state index contributed by atoms with van der Waals surface area (Å²) in [4.78, 5) is 4.33. The molecule has 1 N–H and O–H groups in total. The van der Waals surface area contributed by atoms with Crippen LogP contribution in [0, 0.1) is 0 Å². The molecule has 2 atom stereocenters. The number of nitrogens with one attached hydrogen (secondary N) is 1. The largest absolute Gasteiger partial charge is 0.372 e. The zero-order valence-electron chi connectivity index (χ0n) is 10.8. The minimum atomic E-state index is 0.157. The number of aromatic nitrogens is 1. The van der Waals surface area contributed by atoms with E-state index in [9.17, 15) is 0 Å². The molecule has 2 heterocycles. The number of nitrogens with zero attached hydrogens (tertiary/aromatic N) is 1. The van der Waals surface area contributed by atoms with Crippen LogP contribution in [-0.4, -0.2) is 17.6 Å². The van der Waals surface area contributed by atoms with Crippen molar-refractivity contribution in [3.63, 3.8) is 0 Å². The Morgan fingerprint density at radius 1 is 1.11 bits per heavy atom. The van der Waals surface area contributed by atoms with Crippen molar-refractivity contribution in [1.29, 1.82) is 0 Å². The smallest absolute Gasteiger partial charge is 0.0978 e. The average Bonchev–Trinajstić information content (AvgIpc) is 2.95. The van der Waals surface area contributed by atoms with E-state index < -0.39 is 0 Å².